The molecular weight excluding hydrogens is 374 g/mol. The number of ether oxygens (including phenoxy) is 3. The van der Waals surface area contributed by atoms with Crippen molar-refractivity contribution in [3.63, 3.8) is 0 Å². The van der Waals surface area contributed by atoms with Crippen molar-refractivity contribution >= 4 is 17.0 Å². The van der Waals surface area contributed by atoms with E-state index in [-0.39, 0.29) is 18.6 Å². The van der Waals surface area contributed by atoms with Gasteiger partial charge in [-0.15, -0.1) is 0 Å². The Bertz CT molecular complexity index is 1040. The van der Waals surface area contributed by atoms with E-state index in [2.05, 4.69) is 15.0 Å². The summed E-state index contributed by atoms with van der Waals surface area (Å²) in [4.78, 5) is 12.6. The summed E-state index contributed by atoms with van der Waals surface area (Å²) in [6, 6.07) is 9.90. The fourth-order valence-electron chi connectivity index (χ4n) is 4.51. The summed E-state index contributed by atoms with van der Waals surface area (Å²) < 4.78 is 20.4. The zero-order valence-corrected chi connectivity index (χ0v) is 16.2. The molecule has 9 nitrogen and oxygen atoms in total. The molecule has 3 aromatic rings. The standard InChI is InChI=1S/C20H23N5O4/c1-19(9-26)15-14(28-20(15,2)27-8-12-6-4-3-5-7-12)18(29-19)25-11-24-13-16(21)22-10-23-17(13)25/h3-7,10-11,14-15,18,26H,8-9H2,1-2H3,(H2,21,22,23)/t14?,15?,18-,19-,20?/m1/s1. The third-order valence-electron chi connectivity index (χ3n) is 5.94. The lowest BCUT2D eigenvalue weighted by molar-refractivity contribution is -0.383. The van der Waals surface area contributed by atoms with Gasteiger partial charge in [0.1, 0.15) is 23.5 Å². The normalized spacial score (nSPS) is 33.6. The number of nitrogens with two attached hydrogens (primary N) is 1. The molecule has 4 heterocycles. The number of hydrogen-bond acceptors (Lipinski definition) is 8. The maximum absolute atomic E-state index is 10.1. The zero-order chi connectivity index (χ0) is 20.2. The van der Waals surface area contributed by atoms with Gasteiger partial charge in [0, 0.05) is 0 Å². The number of aromatic nitrogens is 4. The molecule has 0 spiro atoms. The molecule has 0 radical (unpaired) electrons. The van der Waals surface area contributed by atoms with Gasteiger partial charge in [-0.1, -0.05) is 30.3 Å². The molecule has 9 heteroatoms. The highest BCUT2D eigenvalue weighted by atomic mass is 16.7. The Morgan fingerprint density at radius 1 is 1.17 bits per heavy atom. The highest BCUT2D eigenvalue weighted by Crippen LogP contribution is 2.58. The number of benzene rings is 1. The van der Waals surface area contributed by atoms with E-state index in [0.717, 1.165) is 5.56 Å². The van der Waals surface area contributed by atoms with Crippen LogP contribution in [0.25, 0.3) is 11.2 Å². The van der Waals surface area contributed by atoms with E-state index in [1.165, 1.54) is 6.33 Å². The molecule has 2 aliphatic heterocycles. The van der Waals surface area contributed by atoms with Gasteiger partial charge in [0.25, 0.3) is 0 Å². The molecule has 0 aliphatic carbocycles. The van der Waals surface area contributed by atoms with E-state index in [4.69, 9.17) is 19.9 Å². The minimum absolute atomic E-state index is 0.165. The first-order valence-corrected chi connectivity index (χ1v) is 9.52. The molecule has 0 saturated carbocycles. The Balaban J connectivity index is 1.43. The number of nitrogen functional groups attached to an aromatic ring is 1. The number of fused-ring (bicyclic) bond motifs is 2. The predicted molar refractivity (Wildman–Crippen MR) is 103 cm³/mol. The summed E-state index contributed by atoms with van der Waals surface area (Å²) in [5.41, 5.74) is 7.18. The van der Waals surface area contributed by atoms with Crippen LogP contribution in [0.2, 0.25) is 0 Å². The first kappa shape index (κ1) is 18.4. The van der Waals surface area contributed by atoms with Gasteiger partial charge in [-0.2, -0.15) is 0 Å². The van der Waals surface area contributed by atoms with Crippen LogP contribution in [0.15, 0.2) is 43.0 Å². The van der Waals surface area contributed by atoms with E-state index in [0.29, 0.717) is 23.6 Å². The molecule has 29 heavy (non-hydrogen) atoms. The van der Waals surface area contributed by atoms with Gasteiger partial charge in [0.05, 0.1) is 25.5 Å². The van der Waals surface area contributed by atoms with Crippen molar-refractivity contribution in [1.29, 1.82) is 0 Å². The van der Waals surface area contributed by atoms with Crippen molar-refractivity contribution in [3.8, 4) is 0 Å². The van der Waals surface area contributed by atoms with Gasteiger partial charge in [-0.25, -0.2) is 15.0 Å². The first-order valence-electron chi connectivity index (χ1n) is 9.52. The number of nitrogens with zero attached hydrogens (tertiary/aromatic N) is 4. The van der Waals surface area contributed by atoms with Gasteiger partial charge >= 0.3 is 0 Å². The Kier molecular flexibility index (Phi) is 4.11. The molecule has 1 aromatic carbocycles. The molecule has 2 fully saturated rings. The largest absolute Gasteiger partial charge is 0.393 e. The van der Waals surface area contributed by atoms with Crippen LogP contribution >= 0.6 is 0 Å². The monoisotopic (exact) mass is 397 g/mol. The molecular formula is C20H23N5O4. The van der Waals surface area contributed by atoms with Crippen LogP contribution in [-0.2, 0) is 20.8 Å². The summed E-state index contributed by atoms with van der Waals surface area (Å²) in [7, 11) is 0. The summed E-state index contributed by atoms with van der Waals surface area (Å²) in [6.07, 6.45) is 2.18. The van der Waals surface area contributed by atoms with Crippen molar-refractivity contribution in [1.82, 2.24) is 19.5 Å². The highest BCUT2D eigenvalue weighted by Gasteiger charge is 2.70. The van der Waals surface area contributed by atoms with Crippen LogP contribution in [0.1, 0.15) is 25.6 Å². The second kappa shape index (κ2) is 6.46. The number of imidazole rings is 1. The highest BCUT2D eigenvalue weighted by molar-refractivity contribution is 5.81. The van der Waals surface area contributed by atoms with Crippen molar-refractivity contribution in [2.45, 2.75) is 44.2 Å². The molecule has 3 N–H and O–H groups in total. The van der Waals surface area contributed by atoms with Gasteiger partial charge in [0.15, 0.2) is 23.5 Å². The van der Waals surface area contributed by atoms with Crippen molar-refractivity contribution in [3.05, 3.63) is 48.5 Å². The second-order valence-electron chi connectivity index (χ2n) is 7.91. The molecule has 152 valence electrons. The number of aliphatic hydroxyl groups is 1. The number of anilines is 1. The van der Waals surface area contributed by atoms with E-state index in [1.54, 1.807) is 10.9 Å². The maximum atomic E-state index is 10.1. The minimum atomic E-state index is -0.878. The number of aliphatic hydroxyl groups excluding tert-OH is 1. The fraction of sp³-hybridized carbons (Fsp3) is 0.450. The van der Waals surface area contributed by atoms with Crippen LogP contribution in [0.4, 0.5) is 5.82 Å². The minimum Gasteiger partial charge on any atom is -0.393 e. The Labute approximate surface area is 167 Å². The average molecular weight is 397 g/mol. The summed E-state index contributed by atoms with van der Waals surface area (Å²) in [6.45, 7) is 4.01. The van der Waals surface area contributed by atoms with Crippen LogP contribution in [0.3, 0.4) is 0 Å². The smallest absolute Gasteiger partial charge is 0.174 e. The van der Waals surface area contributed by atoms with E-state index in [1.807, 2.05) is 44.2 Å². The summed E-state index contributed by atoms with van der Waals surface area (Å²) in [5, 5.41) is 10.1. The van der Waals surface area contributed by atoms with Gasteiger partial charge < -0.3 is 25.1 Å². The molecule has 5 rings (SSSR count). The fourth-order valence-corrected chi connectivity index (χ4v) is 4.51. The van der Waals surface area contributed by atoms with Crippen molar-refractivity contribution < 1.29 is 19.3 Å². The van der Waals surface area contributed by atoms with Crippen molar-refractivity contribution in [2.75, 3.05) is 12.3 Å². The lowest BCUT2D eigenvalue weighted by Gasteiger charge is -2.52. The van der Waals surface area contributed by atoms with E-state index >= 15 is 0 Å². The Hall–Kier alpha value is -2.59. The zero-order valence-electron chi connectivity index (χ0n) is 16.2. The quantitative estimate of drug-likeness (QED) is 0.667. The van der Waals surface area contributed by atoms with E-state index < -0.39 is 17.6 Å². The maximum Gasteiger partial charge on any atom is 0.174 e. The molecule has 3 unspecified atom stereocenters. The van der Waals surface area contributed by atoms with Crippen LogP contribution in [0, 0.1) is 5.92 Å². The second-order valence-corrected chi connectivity index (χ2v) is 7.91. The van der Waals surface area contributed by atoms with Gasteiger partial charge in [-0.05, 0) is 19.4 Å². The van der Waals surface area contributed by atoms with Crippen LogP contribution in [-0.4, -0.2) is 48.7 Å². The predicted octanol–water partition coefficient (Wildman–Crippen LogP) is 1.64. The third-order valence-corrected chi connectivity index (χ3v) is 5.94. The molecule has 0 bridgehead atoms. The number of hydrogen-bond donors (Lipinski definition) is 2. The average Bonchev–Trinajstić information content (AvgIpc) is 3.25. The molecule has 2 aromatic heterocycles. The lowest BCUT2D eigenvalue weighted by atomic mass is 9.76. The SMILES string of the molecule is CC1(OCc2ccccc2)OC2C1[C@@](C)(CO)O[C@H]2n1cnc2c(N)ncnc21. The van der Waals surface area contributed by atoms with Gasteiger partial charge in [-0.3, -0.25) is 4.57 Å². The Morgan fingerprint density at radius 2 is 1.97 bits per heavy atom. The van der Waals surface area contributed by atoms with Crippen LogP contribution in [0.5, 0.6) is 0 Å². The lowest BCUT2D eigenvalue weighted by Crippen LogP contribution is -2.65. The molecule has 2 saturated heterocycles. The third kappa shape index (κ3) is 2.73. The van der Waals surface area contributed by atoms with Crippen molar-refractivity contribution in [2.24, 2.45) is 5.92 Å². The summed E-state index contributed by atoms with van der Waals surface area (Å²) >= 11 is 0. The van der Waals surface area contributed by atoms with Crippen LogP contribution < -0.4 is 5.73 Å². The number of rotatable bonds is 5. The summed E-state index contributed by atoms with van der Waals surface area (Å²) in [5.74, 6) is -0.749. The van der Waals surface area contributed by atoms with Gasteiger partial charge in [0.2, 0.25) is 0 Å². The first-order chi connectivity index (χ1) is 14.0. The van der Waals surface area contributed by atoms with E-state index in [9.17, 15) is 5.11 Å². The molecule has 2 aliphatic rings. The topological polar surface area (TPSA) is 118 Å². The molecule has 0 amide bonds. The molecule has 5 atom stereocenters. The Morgan fingerprint density at radius 3 is 2.72 bits per heavy atom.